The van der Waals surface area contributed by atoms with E-state index >= 15 is 0 Å². The average molecular weight is 386 g/mol. The molecule has 0 radical (unpaired) electrons. The molecule has 0 spiro atoms. The van der Waals surface area contributed by atoms with Crippen molar-refractivity contribution in [2.75, 3.05) is 27.3 Å². The van der Waals surface area contributed by atoms with Gasteiger partial charge in [0.15, 0.2) is 0 Å². The second-order valence-corrected chi connectivity index (χ2v) is 7.15. The minimum Gasteiger partial charge on any atom is -0.497 e. The molecule has 4 rings (SSSR count). The van der Waals surface area contributed by atoms with Crippen molar-refractivity contribution in [3.05, 3.63) is 84.4 Å². The first kappa shape index (κ1) is 19.1. The maximum atomic E-state index is 5.89. The third-order valence-corrected chi connectivity index (χ3v) is 5.11. The summed E-state index contributed by atoms with van der Waals surface area (Å²) in [6, 6.07) is 26.7. The van der Waals surface area contributed by atoms with Crippen molar-refractivity contribution < 1.29 is 9.47 Å². The molecule has 4 nitrogen and oxygen atoms in total. The van der Waals surface area contributed by atoms with Crippen LogP contribution in [0.2, 0.25) is 0 Å². The van der Waals surface area contributed by atoms with Gasteiger partial charge in [0.1, 0.15) is 18.1 Å². The maximum absolute atomic E-state index is 5.89. The van der Waals surface area contributed by atoms with E-state index in [1.165, 1.54) is 27.7 Å². The summed E-state index contributed by atoms with van der Waals surface area (Å²) in [7, 11) is 3.80. The molecule has 0 bridgehead atoms. The number of nitrogens with one attached hydrogen (secondary N) is 1. The van der Waals surface area contributed by atoms with E-state index in [0.717, 1.165) is 24.6 Å². The Hall–Kier alpha value is -3.24. The zero-order valence-electron chi connectivity index (χ0n) is 16.9. The topological polar surface area (TPSA) is 37.5 Å². The molecule has 1 aromatic heterocycles. The van der Waals surface area contributed by atoms with E-state index in [-0.39, 0.29) is 0 Å². The van der Waals surface area contributed by atoms with Crippen LogP contribution in [0.3, 0.4) is 0 Å². The zero-order valence-corrected chi connectivity index (χ0v) is 16.9. The first-order valence-corrected chi connectivity index (χ1v) is 9.85. The quantitative estimate of drug-likeness (QED) is 0.443. The van der Waals surface area contributed by atoms with Crippen molar-refractivity contribution in [1.82, 2.24) is 9.88 Å². The molecule has 1 heterocycles. The van der Waals surface area contributed by atoms with Gasteiger partial charge in [-0.15, -0.1) is 0 Å². The van der Waals surface area contributed by atoms with E-state index < -0.39 is 0 Å². The Balaban J connectivity index is 1.46. The molecule has 4 heteroatoms. The van der Waals surface area contributed by atoms with Crippen LogP contribution in [-0.4, -0.2) is 37.2 Å². The predicted octanol–water partition coefficient (Wildman–Crippen LogP) is 5.35. The fourth-order valence-corrected chi connectivity index (χ4v) is 3.56. The van der Waals surface area contributed by atoms with Crippen molar-refractivity contribution in [3.8, 4) is 22.8 Å². The highest BCUT2D eigenvalue weighted by Crippen LogP contribution is 2.31. The number of benzene rings is 3. The van der Waals surface area contributed by atoms with Gasteiger partial charge in [-0.25, -0.2) is 0 Å². The number of hydrogen-bond acceptors (Lipinski definition) is 3. The fourth-order valence-electron chi connectivity index (χ4n) is 3.56. The molecule has 3 aromatic carbocycles. The second-order valence-electron chi connectivity index (χ2n) is 7.15. The third-order valence-electron chi connectivity index (χ3n) is 5.11. The molecule has 29 heavy (non-hydrogen) atoms. The van der Waals surface area contributed by atoms with Gasteiger partial charge in [-0.1, -0.05) is 48.5 Å². The van der Waals surface area contributed by atoms with Crippen LogP contribution < -0.4 is 9.47 Å². The van der Waals surface area contributed by atoms with Gasteiger partial charge in [0.25, 0.3) is 0 Å². The summed E-state index contributed by atoms with van der Waals surface area (Å²) in [6.07, 6.45) is 0. The molecule has 0 saturated carbocycles. The Bertz CT molecular complexity index is 1060. The van der Waals surface area contributed by atoms with Crippen molar-refractivity contribution in [3.63, 3.8) is 0 Å². The molecular formula is C25H26N2O2. The van der Waals surface area contributed by atoms with Crippen LogP contribution in [0.1, 0.15) is 5.56 Å². The molecule has 0 atom stereocenters. The molecule has 0 aliphatic heterocycles. The Kier molecular flexibility index (Phi) is 5.82. The van der Waals surface area contributed by atoms with Crippen LogP contribution in [-0.2, 0) is 6.54 Å². The first-order valence-electron chi connectivity index (χ1n) is 9.85. The number of hydrogen-bond donors (Lipinski definition) is 1. The molecule has 0 unspecified atom stereocenters. The van der Waals surface area contributed by atoms with E-state index in [4.69, 9.17) is 9.47 Å². The van der Waals surface area contributed by atoms with Gasteiger partial charge >= 0.3 is 0 Å². The molecule has 0 aliphatic rings. The molecular weight excluding hydrogens is 360 g/mol. The Morgan fingerprint density at radius 2 is 1.52 bits per heavy atom. The van der Waals surface area contributed by atoms with Gasteiger partial charge in [0.2, 0.25) is 0 Å². The lowest BCUT2D eigenvalue weighted by atomic mass is 10.0. The normalized spacial score (nSPS) is 11.1. The van der Waals surface area contributed by atoms with E-state index in [9.17, 15) is 0 Å². The standard InChI is InChI=1S/C25H26N2O2/c1-27(16-17-29-21-14-12-20(28-2)13-15-21)18-23-22-10-6-7-11-24(22)26-25(23)19-8-4-3-5-9-19/h3-15,26H,16-18H2,1-2H3. The lowest BCUT2D eigenvalue weighted by molar-refractivity contribution is 0.233. The largest absolute Gasteiger partial charge is 0.497 e. The molecule has 1 N–H and O–H groups in total. The smallest absolute Gasteiger partial charge is 0.119 e. The number of likely N-dealkylation sites (N-methyl/N-ethyl adjacent to an activating group) is 1. The monoisotopic (exact) mass is 386 g/mol. The number of nitrogens with zero attached hydrogens (tertiary/aromatic N) is 1. The summed E-state index contributed by atoms with van der Waals surface area (Å²) in [5.74, 6) is 1.69. The van der Waals surface area contributed by atoms with Crippen LogP contribution >= 0.6 is 0 Å². The number of methoxy groups -OCH3 is 1. The lowest BCUT2D eigenvalue weighted by Crippen LogP contribution is -2.24. The highest BCUT2D eigenvalue weighted by atomic mass is 16.5. The molecule has 0 aliphatic carbocycles. The number of rotatable bonds is 8. The van der Waals surface area contributed by atoms with Gasteiger partial charge in [0.05, 0.1) is 12.8 Å². The number of aromatic amines is 1. The van der Waals surface area contributed by atoms with Gasteiger partial charge in [-0.2, -0.15) is 0 Å². The Labute approximate surface area is 171 Å². The second kappa shape index (κ2) is 8.84. The van der Waals surface area contributed by atoms with E-state index in [2.05, 4.69) is 71.5 Å². The maximum Gasteiger partial charge on any atom is 0.119 e. The Morgan fingerprint density at radius 3 is 2.28 bits per heavy atom. The highest BCUT2D eigenvalue weighted by molar-refractivity contribution is 5.90. The van der Waals surface area contributed by atoms with E-state index in [1.54, 1.807) is 7.11 Å². The van der Waals surface area contributed by atoms with Crippen LogP contribution in [0.4, 0.5) is 0 Å². The minimum absolute atomic E-state index is 0.631. The molecule has 148 valence electrons. The number of H-pyrrole nitrogens is 1. The molecule has 4 aromatic rings. The van der Waals surface area contributed by atoms with Gasteiger partial charge in [-0.05, 0) is 48.5 Å². The van der Waals surface area contributed by atoms with Gasteiger partial charge in [0, 0.05) is 24.0 Å². The summed E-state index contributed by atoms with van der Waals surface area (Å²) < 4.78 is 11.1. The third kappa shape index (κ3) is 4.44. The van der Waals surface area contributed by atoms with Crippen molar-refractivity contribution in [2.45, 2.75) is 6.54 Å². The summed E-state index contributed by atoms with van der Waals surface area (Å²) in [4.78, 5) is 5.91. The van der Waals surface area contributed by atoms with Crippen molar-refractivity contribution in [2.24, 2.45) is 0 Å². The van der Waals surface area contributed by atoms with Crippen LogP contribution in [0.25, 0.3) is 22.2 Å². The first-order chi connectivity index (χ1) is 14.2. The Morgan fingerprint density at radius 1 is 0.828 bits per heavy atom. The fraction of sp³-hybridized carbons (Fsp3) is 0.200. The van der Waals surface area contributed by atoms with Crippen LogP contribution in [0, 0.1) is 0 Å². The van der Waals surface area contributed by atoms with Crippen molar-refractivity contribution in [1.29, 1.82) is 0 Å². The van der Waals surface area contributed by atoms with Gasteiger partial charge < -0.3 is 14.5 Å². The summed E-state index contributed by atoms with van der Waals surface area (Å²) >= 11 is 0. The van der Waals surface area contributed by atoms with Gasteiger partial charge in [-0.3, -0.25) is 4.90 Å². The molecule has 0 saturated heterocycles. The number of para-hydroxylation sites is 1. The van der Waals surface area contributed by atoms with Crippen LogP contribution in [0.5, 0.6) is 11.5 Å². The van der Waals surface area contributed by atoms with Crippen LogP contribution in [0.15, 0.2) is 78.9 Å². The zero-order chi connectivity index (χ0) is 20.1. The number of ether oxygens (including phenoxy) is 2. The van der Waals surface area contributed by atoms with E-state index in [0.29, 0.717) is 6.61 Å². The van der Waals surface area contributed by atoms with E-state index in [1.807, 2.05) is 24.3 Å². The average Bonchev–Trinajstić information content (AvgIpc) is 3.13. The summed E-state index contributed by atoms with van der Waals surface area (Å²) in [5, 5.41) is 1.27. The highest BCUT2D eigenvalue weighted by Gasteiger charge is 2.14. The SMILES string of the molecule is COc1ccc(OCCN(C)Cc2c(-c3ccccc3)[nH]c3ccccc23)cc1. The molecule has 0 amide bonds. The van der Waals surface area contributed by atoms with Crippen molar-refractivity contribution >= 4 is 10.9 Å². The lowest BCUT2D eigenvalue weighted by Gasteiger charge is -2.18. The number of aromatic nitrogens is 1. The summed E-state index contributed by atoms with van der Waals surface area (Å²) in [6.45, 7) is 2.31. The number of fused-ring (bicyclic) bond motifs is 1. The predicted molar refractivity (Wildman–Crippen MR) is 119 cm³/mol. The molecule has 0 fully saturated rings. The minimum atomic E-state index is 0.631. The summed E-state index contributed by atoms with van der Waals surface area (Å²) in [5.41, 5.74) is 4.89.